The molecule has 2 N–H and O–H groups in total. The maximum Gasteiger partial charge on any atom is 0.337 e. The van der Waals surface area contributed by atoms with Crippen molar-refractivity contribution < 1.29 is 43.6 Å². The van der Waals surface area contributed by atoms with Crippen LogP contribution in [0.1, 0.15) is 26.7 Å². The van der Waals surface area contributed by atoms with Crippen molar-refractivity contribution in [2.24, 2.45) is 23.7 Å². The highest BCUT2D eigenvalue weighted by Crippen LogP contribution is 2.52. The van der Waals surface area contributed by atoms with Gasteiger partial charge < -0.3 is 24.4 Å². The zero-order chi connectivity index (χ0) is 25.2. The van der Waals surface area contributed by atoms with Crippen molar-refractivity contribution in [1.82, 2.24) is 0 Å². The molecule has 3 fully saturated rings. The number of aliphatic hydroxyl groups excluding tert-OH is 2. The third-order valence-electron chi connectivity index (χ3n) is 6.94. The van der Waals surface area contributed by atoms with Gasteiger partial charge in [-0.05, 0) is 25.0 Å². The average Bonchev–Trinajstić information content (AvgIpc) is 3.21. The van der Waals surface area contributed by atoms with Gasteiger partial charge in [-0.1, -0.05) is 25.7 Å². The van der Waals surface area contributed by atoms with Crippen molar-refractivity contribution in [3.05, 3.63) is 47.6 Å². The SMILES string of the molecule is C=C1C(=O)O[C@H]2C1[C@H](OC(=O)/C(=C/CO)COC(=O)/C(C)=C/CO)CC(=C)[C@@H]1CC(=O)[C@@H](C)C21. The number of fused-ring (bicyclic) bond motifs is 3. The van der Waals surface area contributed by atoms with Gasteiger partial charge in [-0.25, -0.2) is 14.4 Å². The molecule has 2 aliphatic carbocycles. The fourth-order valence-electron chi connectivity index (χ4n) is 5.05. The smallest absolute Gasteiger partial charge is 0.337 e. The molecule has 3 rings (SSSR count). The van der Waals surface area contributed by atoms with E-state index in [-0.39, 0.29) is 53.3 Å². The van der Waals surface area contributed by atoms with Gasteiger partial charge in [0.05, 0.1) is 24.7 Å². The quantitative estimate of drug-likeness (QED) is 0.241. The Hall–Kier alpha value is -3.04. The van der Waals surface area contributed by atoms with Crippen molar-refractivity contribution in [3.63, 3.8) is 0 Å². The molecule has 184 valence electrons. The van der Waals surface area contributed by atoms with Gasteiger partial charge in [0.15, 0.2) is 0 Å². The predicted molar refractivity (Wildman–Crippen MR) is 119 cm³/mol. The monoisotopic (exact) mass is 474 g/mol. The summed E-state index contributed by atoms with van der Waals surface area (Å²) < 4.78 is 16.5. The molecule has 9 nitrogen and oxygen atoms in total. The first-order valence-corrected chi connectivity index (χ1v) is 11.2. The minimum absolute atomic E-state index is 0.0828. The number of aliphatic hydroxyl groups is 2. The number of carbonyl (C=O) groups is 4. The minimum atomic E-state index is -0.828. The van der Waals surface area contributed by atoms with Crippen LogP contribution in [-0.2, 0) is 33.4 Å². The van der Waals surface area contributed by atoms with Crippen LogP contribution in [0.15, 0.2) is 47.6 Å². The van der Waals surface area contributed by atoms with Gasteiger partial charge in [-0.2, -0.15) is 0 Å². The lowest BCUT2D eigenvalue weighted by molar-refractivity contribution is -0.150. The molecule has 34 heavy (non-hydrogen) atoms. The van der Waals surface area contributed by atoms with E-state index in [1.165, 1.54) is 19.1 Å². The summed E-state index contributed by atoms with van der Waals surface area (Å²) in [4.78, 5) is 49.8. The maximum atomic E-state index is 13.0. The largest absolute Gasteiger partial charge is 0.458 e. The Labute approximate surface area is 197 Å². The number of rotatable bonds is 7. The lowest BCUT2D eigenvalue weighted by Crippen LogP contribution is -2.38. The Balaban J connectivity index is 1.81. The Bertz CT molecular complexity index is 973. The van der Waals surface area contributed by atoms with E-state index >= 15 is 0 Å². The van der Waals surface area contributed by atoms with Crippen molar-refractivity contribution in [2.75, 3.05) is 19.8 Å². The fourth-order valence-corrected chi connectivity index (χ4v) is 5.05. The third kappa shape index (κ3) is 4.90. The second kappa shape index (κ2) is 10.5. The van der Waals surface area contributed by atoms with Crippen LogP contribution in [-0.4, -0.2) is 65.9 Å². The van der Waals surface area contributed by atoms with Crippen LogP contribution < -0.4 is 0 Å². The fraction of sp³-hybridized carbons (Fsp3) is 0.520. The van der Waals surface area contributed by atoms with Gasteiger partial charge in [0.1, 0.15) is 24.6 Å². The summed E-state index contributed by atoms with van der Waals surface area (Å²) in [6.45, 7) is 9.95. The van der Waals surface area contributed by atoms with Gasteiger partial charge >= 0.3 is 17.9 Å². The van der Waals surface area contributed by atoms with Crippen LogP contribution in [0.25, 0.3) is 0 Å². The number of ketones is 1. The molecule has 6 atom stereocenters. The molecule has 0 amide bonds. The molecule has 2 unspecified atom stereocenters. The first kappa shape index (κ1) is 25.6. The molecule has 0 spiro atoms. The third-order valence-corrected chi connectivity index (χ3v) is 6.94. The first-order valence-electron chi connectivity index (χ1n) is 11.2. The number of hydrogen-bond donors (Lipinski definition) is 2. The van der Waals surface area contributed by atoms with Crippen LogP contribution in [0.4, 0.5) is 0 Å². The number of ether oxygens (including phenoxy) is 3. The van der Waals surface area contributed by atoms with E-state index in [4.69, 9.17) is 19.3 Å². The van der Waals surface area contributed by atoms with Gasteiger partial charge in [0, 0.05) is 35.8 Å². The van der Waals surface area contributed by atoms with Crippen LogP contribution in [0.2, 0.25) is 0 Å². The van der Waals surface area contributed by atoms with Crippen LogP contribution in [0, 0.1) is 23.7 Å². The van der Waals surface area contributed by atoms with Gasteiger partial charge in [0.25, 0.3) is 0 Å². The molecule has 0 aromatic heterocycles. The van der Waals surface area contributed by atoms with Crippen molar-refractivity contribution in [3.8, 4) is 0 Å². The summed E-state index contributed by atoms with van der Waals surface area (Å²) in [5.74, 6) is -3.50. The highest BCUT2D eigenvalue weighted by atomic mass is 16.6. The maximum absolute atomic E-state index is 13.0. The second-order valence-electron chi connectivity index (χ2n) is 8.93. The van der Waals surface area contributed by atoms with E-state index in [0.29, 0.717) is 6.42 Å². The van der Waals surface area contributed by atoms with Gasteiger partial charge in [0.2, 0.25) is 0 Å². The molecule has 1 saturated heterocycles. The predicted octanol–water partition coefficient (Wildman–Crippen LogP) is 1.20. The number of hydrogen-bond acceptors (Lipinski definition) is 9. The molecule has 1 heterocycles. The molecular weight excluding hydrogens is 444 g/mol. The molecule has 3 aliphatic rings. The average molecular weight is 475 g/mol. The Kier molecular flexibility index (Phi) is 7.89. The van der Waals surface area contributed by atoms with E-state index in [1.54, 1.807) is 0 Å². The lowest BCUT2D eigenvalue weighted by Gasteiger charge is -2.29. The summed E-state index contributed by atoms with van der Waals surface area (Å²) in [6.07, 6.45) is 1.45. The summed E-state index contributed by atoms with van der Waals surface area (Å²) in [5, 5.41) is 18.2. The normalized spacial score (nSPS) is 31.5. The van der Waals surface area contributed by atoms with Crippen molar-refractivity contribution in [2.45, 2.75) is 38.9 Å². The van der Waals surface area contributed by atoms with Crippen LogP contribution >= 0.6 is 0 Å². The van der Waals surface area contributed by atoms with E-state index < -0.39 is 49.2 Å². The number of esters is 3. The van der Waals surface area contributed by atoms with Gasteiger partial charge in [-0.15, -0.1) is 0 Å². The zero-order valence-electron chi connectivity index (χ0n) is 19.3. The Morgan fingerprint density at radius 1 is 1.12 bits per heavy atom. The minimum Gasteiger partial charge on any atom is -0.458 e. The Morgan fingerprint density at radius 2 is 1.79 bits per heavy atom. The van der Waals surface area contributed by atoms with Crippen LogP contribution in [0.3, 0.4) is 0 Å². The molecule has 0 bridgehead atoms. The molecule has 0 radical (unpaired) electrons. The summed E-state index contributed by atoms with van der Waals surface area (Å²) in [6, 6.07) is 0. The molecular formula is C25H30O9. The highest BCUT2D eigenvalue weighted by molar-refractivity contribution is 5.93. The molecule has 0 aromatic rings. The van der Waals surface area contributed by atoms with E-state index in [1.807, 2.05) is 6.92 Å². The standard InChI is InChI=1S/C25H30O9/c1-12(5-7-26)23(29)32-11-16(6-8-27)25(31)33-19-9-13(2)17-10-18(28)14(3)20(17)22-21(19)15(4)24(30)34-22/h5-6,14,17,19-22,26-27H,2,4,7-11H2,1,3H3/b12-5+,16-6+/t14-,17+,19-,20?,21?,22-/m1/s1. The second-order valence-corrected chi connectivity index (χ2v) is 8.93. The summed E-state index contributed by atoms with van der Waals surface area (Å²) >= 11 is 0. The topological polar surface area (TPSA) is 136 Å². The summed E-state index contributed by atoms with van der Waals surface area (Å²) in [5.41, 5.74) is 0.989. The lowest BCUT2D eigenvalue weighted by atomic mass is 9.79. The van der Waals surface area contributed by atoms with Crippen LogP contribution in [0.5, 0.6) is 0 Å². The highest BCUT2D eigenvalue weighted by Gasteiger charge is 2.57. The molecule has 0 aromatic carbocycles. The molecule has 2 saturated carbocycles. The molecule has 1 aliphatic heterocycles. The van der Waals surface area contributed by atoms with E-state index in [9.17, 15) is 24.3 Å². The first-order chi connectivity index (χ1) is 16.1. The van der Waals surface area contributed by atoms with Gasteiger partial charge in [-0.3, -0.25) is 4.79 Å². The van der Waals surface area contributed by atoms with E-state index in [2.05, 4.69) is 13.2 Å². The summed E-state index contributed by atoms with van der Waals surface area (Å²) in [7, 11) is 0. The Morgan fingerprint density at radius 3 is 2.44 bits per heavy atom. The van der Waals surface area contributed by atoms with E-state index in [0.717, 1.165) is 5.57 Å². The number of carbonyl (C=O) groups excluding carboxylic acids is 4. The molecule has 9 heteroatoms. The van der Waals surface area contributed by atoms with Crippen molar-refractivity contribution >= 4 is 23.7 Å². The van der Waals surface area contributed by atoms with Crippen molar-refractivity contribution in [1.29, 1.82) is 0 Å². The number of Topliss-reactive ketones (excluding diaryl/α,β-unsaturated/α-hetero) is 1. The zero-order valence-corrected chi connectivity index (χ0v) is 19.3.